The molecule has 4 unspecified atom stereocenters. The van der Waals surface area contributed by atoms with Crippen LogP contribution in [0.5, 0.6) is 0 Å². The van der Waals surface area contributed by atoms with Crippen LogP contribution in [0.1, 0.15) is 7.43 Å². The molecule has 0 aromatic carbocycles. The molecule has 0 saturated carbocycles. The molecule has 0 amide bonds. The van der Waals surface area contributed by atoms with Crippen molar-refractivity contribution in [1.29, 1.82) is 0 Å². The van der Waals surface area contributed by atoms with E-state index in [1.807, 2.05) is 0 Å². The molecule has 4 atom stereocenters. The van der Waals surface area contributed by atoms with Gasteiger partial charge in [0.25, 0.3) is 0 Å². The van der Waals surface area contributed by atoms with Crippen molar-refractivity contribution in [2.75, 3.05) is 0 Å². The first-order chi connectivity index (χ1) is 5.66. The van der Waals surface area contributed by atoms with Crippen LogP contribution in [0.4, 0.5) is 0 Å². The molecule has 0 radical (unpaired) electrons. The average molecular weight is 284 g/mol. The van der Waals surface area contributed by atoms with Crippen LogP contribution < -0.4 is 41.6 Å². The van der Waals surface area contributed by atoms with E-state index in [1.165, 1.54) is 0 Å². The van der Waals surface area contributed by atoms with Crippen LogP contribution in [-0.2, 0) is 0 Å². The Labute approximate surface area is 92.9 Å². The van der Waals surface area contributed by atoms with E-state index in [2.05, 4.69) is 22.0 Å². The maximum absolute atomic E-state index is 8.74. The van der Waals surface area contributed by atoms with Gasteiger partial charge in [-0.05, 0) is 0 Å². The monoisotopic (exact) mass is 284 g/mol. The Hall–Kier alpha value is 1.40. The van der Waals surface area contributed by atoms with Crippen LogP contribution >= 0.6 is 35.8 Å². The molecule has 0 heterocycles. The van der Waals surface area contributed by atoms with Crippen LogP contribution in [-0.4, -0.2) is 0 Å². The van der Waals surface area contributed by atoms with E-state index in [0.717, 1.165) is 0 Å². The van der Waals surface area contributed by atoms with Gasteiger partial charge in [0, 0.05) is 0 Å². The fourth-order valence-corrected chi connectivity index (χ4v) is 0. The Kier molecular flexibility index (Phi) is 229. The molecule has 0 aliphatic rings. The molecule has 0 aromatic rings. The van der Waals surface area contributed by atoms with Crippen molar-refractivity contribution >= 4 is 35.8 Å². The van der Waals surface area contributed by atoms with Gasteiger partial charge in [0.05, 0.1) is 0 Å². The zero-order chi connectivity index (χ0) is 10.8. The molecule has 8 N–H and O–H groups in total. The molecular weight excluding hydrogens is 268 g/mol. The van der Waals surface area contributed by atoms with Gasteiger partial charge >= 0.3 is 7.43 Å². The smallest absolute Gasteiger partial charge is 0.820 e. The van der Waals surface area contributed by atoms with E-state index >= 15 is 0 Å². The molecule has 0 rings (SSSR count). The second-order valence-electron chi connectivity index (χ2n) is 0.471. The van der Waals surface area contributed by atoms with Crippen molar-refractivity contribution in [3.63, 3.8) is 0 Å². The Morgan fingerprint density at radius 1 is 0.571 bits per heavy atom. The molecular formula is C2H16N4O4P4. The predicted octanol–water partition coefficient (Wildman–Crippen LogP) is -4.03. The first-order valence-electron chi connectivity index (χ1n) is 1.97. The number of hydrogen-bond acceptors (Lipinski definition) is 8. The van der Waals surface area contributed by atoms with Gasteiger partial charge in [0.2, 0.25) is 0 Å². The Morgan fingerprint density at radius 2 is 0.571 bits per heavy atom. The predicted molar refractivity (Wildman–Crippen MR) is 60.0 cm³/mol. The molecule has 0 spiro atoms. The van der Waals surface area contributed by atoms with Gasteiger partial charge in [0.1, 0.15) is 0 Å². The molecule has 0 bridgehead atoms. The Bertz CT molecular complexity index is 35.3. The second-order valence-corrected chi connectivity index (χ2v) is 1.41. The Morgan fingerprint density at radius 3 is 0.571 bits per heavy atom. The summed E-state index contributed by atoms with van der Waals surface area (Å²) in [6.07, 6.45) is 0. The molecule has 12 heteroatoms. The molecule has 0 saturated heterocycles. The maximum atomic E-state index is 8.74. The molecule has 0 aliphatic carbocycles. The fraction of sp³-hybridized carbons (Fsp3) is 0.500. The van der Waals surface area contributed by atoms with Crippen molar-refractivity contribution < 1.29 is 19.6 Å². The molecule has 0 aliphatic heterocycles. The molecule has 14 heavy (non-hydrogen) atoms. The third-order valence-electron chi connectivity index (χ3n) is 0. The summed E-state index contributed by atoms with van der Waals surface area (Å²) in [5, 5.41) is 0. The average Bonchev–Trinajstić information content (AvgIpc) is 1.92. The van der Waals surface area contributed by atoms with Crippen LogP contribution in [0.3, 0.4) is 0 Å². The van der Waals surface area contributed by atoms with Gasteiger partial charge in [-0.15, -0.1) is 0 Å². The van der Waals surface area contributed by atoms with Crippen LogP contribution in [0.15, 0.2) is 0 Å². The van der Waals surface area contributed by atoms with Crippen molar-refractivity contribution in [2.24, 2.45) is 22.0 Å². The van der Waals surface area contributed by atoms with E-state index < -0.39 is 35.8 Å². The first-order valence-corrected chi connectivity index (χ1v) is 5.91. The van der Waals surface area contributed by atoms with Crippen molar-refractivity contribution in [3.8, 4) is 0 Å². The van der Waals surface area contributed by atoms with Gasteiger partial charge in [-0.2, -0.15) is 35.8 Å². The zero-order valence-corrected chi connectivity index (χ0v) is 10.4. The van der Waals surface area contributed by atoms with Gasteiger partial charge < -0.3 is 41.6 Å². The summed E-state index contributed by atoms with van der Waals surface area (Å²) in [7, 11) is -2.67. The topological polar surface area (TPSA) is 196 Å². The summed E-state index contributed by atoms with van der Waals surface area (Å²) in [5.41, 5.74) is 17.3. The SMILES string of the molecule is C.NP[O-].NP[O-].NP[O-].NP[O-].[C+4]. The minimum absolute atomic E-state index is 0. The van der Waals surface area contributed by atoms with E-state index in [0.29, 0.717) is 0 Å². The van der Waals surface area contributed by atoms with Gasteiger partial charge in [-0.3, -0.25) is 0 Å². The maximum Gasteiger partial charge on any atom is 4.00 e. The zero-order valence-electron chi connectivity index (χ0n) is 6.44. The largest absolute Gasteiger partial charge is 4.00 e. The summed E-state index contributed by atoms with van der Waals surface area (Å²) in [5.74, 6) is 0. The molecule has 0 aromatic heterocycles. The summed E-state index contributed by atoms with van der Waals surface area (Å²) in [6.45, 7) is 0. The standard InChI is InChI=1S/CH4.C.4H3NOP/c;;4*1-3-2/h1H4;;4*3H,1H2/q;+4;4*-1. The summed E-state index contributed by atoms with van der Waals surface area (Å²) in [4.78, 5) is 34.9. The minimum Gasteiger partial charge on any atom is -0.820 e. The third kappa shape index (κ3) is 1050. The van der Waals surface area contributed by atoms with Crippen molar-refractivity contribution in [2.45, 2.75) is 7.43 Å². The first kappa shape index (κ1) is 36.1. The van der Waals surface area contributed by atoms with Crippen molar-refractivity contribution in [1.82, 2.24) is 0 Å². The normalized spacial score (nSPS) is 8.57. The van der Waals surface area contributed by atoms with Crippen LogP contribution in [0.25, 0.3) is 0 Å². The van der Waals surface area contributed by atoms with Crippen molar-refractivity contribution in [3.05, 3.63) is 7.43 Å². The van der Waals surface area contributed by atoms with E-state index in [4.69, 9.17) is 19.6 Å². The summed E-state index contributed by atoms with van der Waals surface area (Å²) >= 11 is 0. The molecule has 0 fully saturated rings. The van der Waals surface area contributed by atoms with E-state index in [-0.39, 0.29) is 14.9 Å². The van der Waals surface area contributed by atoms with Gasteiger partial charge in [-0.25, -0.2) is 0 Å². The Balaban J connectivity index is -0.0000000145. The molecule has 8 nitrogen and oxygen atoms in total. The fourth-order valence-electron chi connectivity index (χ4n) is 0. The number of hydrogen-bond donors (Lipinski definition) is 4. The quantitative estimate of drug-likeness (QED) is 0.322. The second kappa shape index (κ2) is 88.7. The summed E-state index contributed by atoms with van der Waals surface area (Å²) < 4.78 is 0. The van der Waals surface area contributed by atoms with Gasteiger partial charge in [-0.1, -0.05) is 7.43 Å². The van der Waals surface area contributed by atoms with Crippen LogP contribution in [0.2, 0.25) is 0 Å². The summed E-state index contributed by atoms with van der Waals surface area (Å²) in [6, 6.07) is 0. The van der Waals surface area contributed by atoms with Gasteiger partial charge in [0.15, 0.2) is 0 Å². The third-order valence-corrected chi connectivity index (χ3v) is 0. The van der Waals surface area contributed by atoms with E-state index in [9.17, 15) is 0 Å². The minimum atomic E-state index is -0.667. The van der Waals surface area contributed by atoms with Crippen LogP contribution in [0, 0.1) is 7.43 Å². The van der Waals surface area contributed by atoms with E-state index in [1.54, 1.807) is 0 Å². The number of nitrogens with two attached hydrogens (primary N) is 4. The number of rotatable bonds is 0. The molecule has 88 valence electrons.